The molecule has 0 aliphatic carbocycles. The maximum Gasteiger partial charge on any atom is 0.270 e. The summed E-state index contributed by atoms with van der Waals surface area (Å²) in [5.74, 6) is 0.788. The molecule has 0 atom stereocenters. The second-order valence-corrected chi connectivity index (χ2v) is 6.97. The number of pyridine rings is 1. The SMILES string of the molecule is CNC(=O)c1cc([N+](=O)[O-])ccc1N1CCC(c2nc(-c3ccccn3)no2)CC1. The van der Waals surface area contributed by atoms with Crippen LogP contribution in [-0.2, 0) is 0 Å². The van der Waals surface area contributed by atoms with E-state index in [9.17, 15) is 14.9 Å². The first kappa shape index (κ1) is 19.5. The Morgan fingerprint density at radius 2 is 2.07 bits per heavy atom. The van der Waals surface area contributed by atoms with E-state index >= 15 is 0 Å². The average molecular weight is 408 g/mol. The smallest absolute Gasteiger partial charge is 0.270 e. The number of carbonyl (C=O) groups excluding carboxylic acids is 1. The number of aromatic nitrogens is 3. The highest BCUT2D eigenvalue weighted by molar-refractivity contribution is 6.00. The van der Waals surface area contributed by atoms with E-state index in [-0.39, 0.29) is 17.5 Å². The molecule has 0 unspecified atom stereocenters. The predicted molar refractivity (Wildman–Crippen MR) is 108 cm³/mol. The fraction of sp³-hybridized carbons (Fsp3) is 0.300. The molecule has 1 amide bonds. The predicted octanol–water partition coefficient (Wildman–Crippen LogP) is 2.78. The van der Waals surface area contributed by atoms with Gasteiger partial charge in [0, 0.05) is 44.4 Å². The summed E-state index contributed by atoms with van der Waals surface area (Å²) in [6.07, 6.45) is 3.19. The van der Waals surface area contributed by atoms with Gasteiger partial charge < -0.3 is 14.7 Å². The van der Waals surface area contributed by atoms with Crippen LogP contribution < -0.4 is 10.2 Å². The molecule has 30 heavy (non-hydrogen) atoms. The molecule has 0 radical (unpaired) electrons. The third-order valence-electron chi connectivity index (χ3n) is 5.18. The second kappa shape index (κ2) is 8.27. The van der Waals surface area contributed by atoms with Crippen molar-refractivity contribution in [3.8, 4) is 11.5 Å². The molecular weight excluding hydrogens is 388 g/mol. The van der Waals surface area contributed by atoms with Gasteiger partial charge in [0.1, 0.15) is 5.69 Å². The summed E-state index contributed by atoms with van der Waals surface area (Å²) in [5, 5.41) is 17.7. The maximum absolute atomic E-state index is 12.3. The van der Waals surface area contributed by atoms with Gasteiger partial charge >= 0.3 is 0 Å². The summed E-state index contributed by atoms with van der Waals surface area (Å²) in [6, 6.07) is 9.89. The number of nitro groups is 1. The van der Waals surface area contributed by atoms with Crippen LogP contribution in [0.4, 0.5) is 11.4 Å². The number of rotatable bonds is 5. The van der Waals surface area contributed by atoms with Crippen LogP contribution in [0.25, 0.3) is 11.5 Å². The van der Waals surface area contributed by atoms with Crippen LogP contribution in [0.3, 0.4) is 0 Å². The van der Waals surface area contributed by atoms with Crippen molar-refractivity contribution in [2.45, 2.75) is 18.8 Å². The van der Waals surface area contributed by atoms with Gasteiger partial charge in [-0.05, 0) is 31.0 Å². The Bertz CT molecular complexity index is 1060. The molecule has 3 aromatic rings. The lowest BCUT2D eigenvalue weighted by Gasteiger charge is -2.33. The first-order valence-corrected chi connectivity index (χ1v) is 9.57. The number of benzene rings is 1. The molecule has 0 saturated carbocycles. The van der Waals surface area contributed by atoms with Crippen molar-refractivity contribution >= 4 is 17.3 Å². The van der Waals surface area contributed by atoms with E-state index in [1.807, 2.05) is 18.2 Å². The Hall–Kier alpha value is -3.82. The number of anilines is 1. The standard InChI is InChI=1S/C20H20N6O4/c1-21-19(27)15-12-14(26(28)29)5-6-17(15)25-10-7-13(8-11-25)20-23-18(24-30-20)16-4-2-3-9-22-16/h2-6,9,12-13H,7-8,10-11H2,1H3,(H,21,27). The third-order valence-corrected chi connectivity index (χ3v) is 5.18. The number of non-ortho nitro benzene ring substituents is 1. The molecule has 1 aromatic carbocycles. The summed E-state index contributed by atoms with van der Waals surface area (Å²) in [7, 11) is 1.51. The highest BCUT2D eigenvalue weighted by atomic mass is 16.6. The molecule has 1 aliphatic rings. The highest BCUT2D eigenvalue weighted by Gasteiger charge is 2.28. The summed E-state index contributed by atoms with van der Waals surface area (Å²) in [6.45, 7) is 1.32. The third kappa shape index (κ3) is 3.84. The van der Waals surface area contributed by atoms with Crippen molar-refractivity contribution in [3.05, 3.63) is 64.2 Å². The van der Waals surface area contributed by atoms with Crippen LogP contribution in [0.5, 0.6) is 0 Å². The van der Waals surface area contributed by atoms with Gasteiger partial charge in [0.2, 0.25) is 11.7 Å². The number of nitro benzene ring substituents is 1. The normalized spacial score (nSPS) is 14.5. The van der Waals surface area contributed by atoms with Gasteiger partial charge in [0.25, 0.3) is 11.6 Å². The van der Waals surface area contributed by atoms with Gasteiger partial charge in [-0.15, -0.1) is 0 Å². The lowest BCUT2D eigenvalue weighted by molar-refractivity contribution is -0.384. The summed E-state index contributed by atoms with van der Waals surface area (Å²) >= 11 is 0. The number of carbonyl (C=O) groups is 1. The van der Waals surface area contributed by atoms with Crippen molar-refractivity contribution in [2.75, 3.05) is 25.0 Å². The molecule has 0 spiro atoms. The zero-order valence-corrected chi connectivity index (χ0v) is 16.3. The van der Waals surface area contributed by atoms with E-state index in [2.05, 4.69) is 25.3 Å². The average Bonchev–Trinajstić information content (AvgIpc) is 3.29. The first-order chi connectivity index (χ1) is 14.6. The van der Waals surface area contributed by atoms with Crippen LogP contribution in [0.1, 0.15) is 35.0 Å². The van der Waals surface area contributed by atoms with Crippen LogP contribution in [0.15, 0.2) is 47.1 Å². The molecule has 1 saturated heterocycles. The quantitative estimate of drug-likeness (QED) is 0.504. The molecule has 10 nitrogen and oxygen atoms in total. The Morgan fingerprint density at radius 3 is 2.73 bits per heavy atom. The van der Waals surface area contributed by atoms with Gasteiger partial charge in [-0.3, -0.25) is 19.9 Å². The molecular formula is C20H20N6O4. The van der Waals surface area contributed by atoms with Crippen molar-refractivity contribution < 1.29 is 14.2 Å². The van der Waals surface area contributed by atoms with Crippen LogP contribution in [-0.4, -0.2) is 46.1 Å². The fourth-order valence-electron chi connectivity index (χ4n) is 3.60. The van der Waals surface area contributed by atoms with E-state index in [0.717, 1.165) is 12.8 Å². The Labute approximate surface area is 172 Å². The van der Waals surface area contributed by atoms with Gasteiger partial charge in [-0.2, -0.15) is 4.98 Å². The van der Waals surface area contributed by atoms with Gasteiger partial charge in [0.15, 0.2) is 0 Å². The van der Waals surface area contributed by atoms with Crippen LogP contribution in [0.2, 0.25) is 0 Å². The maximum atomic E-state index is 12.3. The number of amides is 1. The van der Waals surface area contributed by atoms with E-state index in [0.29, 0.717) is 41.7 Å². The van der Waals surface area contributed by atoms with E-state index in [4.69, 9.17) is 4.52 Å². The lowest BCUT2D eigenvalue weighted by Crippen LogP contribution is -2.35. The van der Waals surface area contributed by atoms with E-state index < -0.39 is 4.92 Å². The first-order valence-electron chi connectivity index (χ1n) is 9.57. The number of hydrogen-bond donors (Lipinski definition) is 1. The van der Waals surface area contributed by atoms with Crippen molar-refractivity contribution in [1.29, 1.82) is 0 Å². The monoisotopic (exact) mass is 408 g/mol. The fourth-order valence-corrected chi connectivity index (χ4v) is 3.60. The molecule has 1 aliphatic heterocycles. The van der Waals surface area contributed by atoms with Crippen LogP contribution in [0, 0.1) is 10.1 Å². The van der Waals surface area contributed by atoms with Crippen molar-refractivity contribution in [3.63, 3.8) is 0 Å². The Kier molecular flexibility index (Phi) is 5.38. The molecule has 4 rings (SSSR count). The zero-order valence-electron chi connectivity index (χ0n) is 16.3. The van der Waals surface area contributed by atoms with Crippen molar-refractivity contribution in [2.24, 2.45) is 0 Å². The molecule has 10 heteroatoms. The molecule has 2 aromatic heterocycles. The van der Waals surface area contributed by atoms with Gasteiger partial charge in [-0.25, -0.2) is 0 Å². The van der Waals surface area contributed by atoms with Gasteiger partial charge in [0.05, 0.1) is 16.2 Å². The molecule has 0 bridgehead atoms. The number of hydrogen-bond acceptors (Lipinski definition) is 8. The molecule has 3 heterocycles. The highest BCUT2D eigenvalue weighted by Crippen LogP contribution is 2.33. The minimum absolute atomic E-state index is 0.104. The van der Waals surface area contributed by atoms with Crippen molar-refractivity contribution in [1.82, 2.24) is 20.4 Å². The van der Waals surface area contributed by atoms with E-state index in [1.165, 1.54) is 19.2 Å². The number of nitrogens with zero attached hydrogens (tertiary/aromatic N) is 5. The van der Waals surface area contributed by atoms with Gasteiger partial charge in [-0.1, -0.05) is 11.2 Å². The molecule has 1 N–H and O–H groups in total. The Balaban J connectivity index is 1.49. The number of piperidine rings is 1. The Morgan fingerprint density at radius 1 is 1.27 bits per heavy atom. The molecule has 154 valence electrons. The second-order valence-electron chi connectivity index (χ2n) is 6.97. The topological polar surface area (TPSA) is 127 Å². The minimum Gasteiger partial charge on any atom is -0.371 e. The van der Waals surface area contributed by atoms with E-state index in [1.54, 1.807) is 12.3 Å². The largest absolute Gasteiger partial charge is 0.371 e. The summed E-state index contributed by atoms with van der Waals surface area (Å²) in [5.41, 5.74) is 1.52. The molecule has 1 fully saturated rings. The number of nitrogens with one attached hydrogen (secondary N) is 1. The minimum atomic E-state index is -0.503. The lowest BCUT2D eigenvalue weighted by atomic mass is 9.95. The van der Waals surface area contributed by atoms with Crippen LogP contribution >= 0.6 is 0 Å². The zero-order chi connectivity index (χ0) is 21.1. The summed E-state index contributed by atoms with van der Waals surface area (Å²) < 4.78 is 5.46. The summed E-state index contributed by atoms with van der Waals surface area (Å²) in [4.78, 5) is 33.6.